The number of rotatable bonds is 5. The Labute approximate surface area is 145 Å². The number of aromatic carboxylic acids is 1. The van der Waals surface area contributed by atoms with Crippen LogP contribution < -0.4 is 0 Å². The van der Waals surface area contributed by atoms with Gasteiger partial charge in [0.1, 0.15) is 0 Å². The van der Waals surface area contributed by atoms with Crippen molar-refractivity contribution in [2.75, 3.05) is 13.1 Å². The minimum absolute atomic E-state index is 0.0643. The molecule has 1 saturated heterocycles. The summed E-state index contributed by atoms with van der Waals surface area (Å²) >= 11 is 0. The van der Waals surface area contributed by atoms with E-state index in [1.807, 2.05) is 4.90 Å². The Bertz CT molecular complexity index is 754. The number of benzene rings is 1. The second-order valence-corrected chi connectivity index (χ2v) is 6.47. The number of likely N-dealkylation sites (tertiary alicyclic amines) is 1. The summed E-state index contributed by atoms with van der Waals surface area (Å²) in [6, 6.07) is 6.46. The van der Waals surface area contributed by atoms with Crippen LogP contribution in [-0.2, 0) is 17.6 Å². The highest BCUT2D eigenvalue weighted by atomic mass is 16.5. The number of carboxylic acids is 1. The number of piperidine rings is 1. The number of carboxylic acid groups (broad SMARTS) is 1. The molecule has 2 heterocycles. The standard InChI is InChI=1S/C18H21N3O4/c1-12-19-16(25-20-12)9-14-3-2-8-21(11-14)17(22)10-13-4-6-15(7-5-13)18(23)24/h4-7,14H,2-3,8-11H2,1H3,(H,23,24). The molecule has 1 aromatic carbocycles. The van der Waals surface area contributed by atoms with Crippen molar-refractivity contribution in [3.8, 4) is 0 Å². The third-order valence-corrected chi connectivity index (χ3v) is 4.46. The molecule has 0 saturated carbocycles. The van der Waals surface area contributed by atoms with E-state index < -0.39 is 5.97 Å². The minimum Gasteiger partial charge on any atom is -0.478 e. The lowest BCUT2D eigenvalue weighted by atomic mass is 9.94. The van der Waals surface area contributed by atoms with Crippen LogP contribution in [0, 0.1) is 12.8 Å². The molecule has 2 aromatic rings. The van der Waals surface area contributed by atoms with Crippen LogP contribution in [0.3, 0.4) is 0 Å². The molecule has 1 aliphatic heterocycles. The maximum absolute atomic E-state index is 12.5. The molecular weight excluding hydrogens is 322 g/mol. The zero-order valence-electron chi connectivity index (χ0n) is 14.1. The van der Waals surface area contributed by atoms with Crippen LogP contribution in [0.1, 0.15) is 40.5 Å². The third kappa shape index (κ3) is 4.43. The van der Waals surface area contributed by atoms with Gasteiger partial charge in [-0.05, 0) is 43.4 Å². The van der Waals surface area contributed by atoms with Crippen LogP contribution in [0.4, 0.5) is 0 Å². The first-order valence-electron chi connectivity index (χ1n) is 8.40. The van der Waals surface area contributed by atoms with Crippen molar-refractivity contribution in [1.82, 2.24) is 15.0 Å². The molecule has 7 nitrogen and oxygen atoms in total. The summed E-state index contributed by atoms with van der Waals surface area (Å²) in [4.78, 5) is 29.5. The maximum Gasteiger partial charge on any atom is 0.335 e. The summed E-state index contributed by atoms with van der Waals surface area (Å²) in [5, 5.41) is 12.7. The molecule has 132 valence electrons. The number of carbonyl (C=O) groups excluding carboxylic acids is 1. The van der Waals surface area contributed by atoms with Gasteiger partial charge in [0, 0.05) is 19.5 Å². The summed E-state index contributed by atoms with van der Waals surface area (Å²) in [5.41, 5.74) is 1.05. The molecule has 25 heavy (non-hydrogen) atoms. The number of aromatic nitrogens is 2. The third-order valence-electron chi connectivity index (χ3n) is 4.46. The van der Waals surface area contributed by atoms with Crippen molar-refractivity contribution < 1.29 is 19.2 Å². The zero-order chi connectivity index (χ0) is 17.8. The second kappa shape index (κ2) is 7.46. The molecule has 1 fully saturated rings. The fourth-order valence-corrected chi connectivity index (χ4v) is 3.18. The Morgan fingerprint density at radius 3 is 2.72 bits per heavy atom. The smallest absolute Gasteiger partial charge is 0.335 e. The van der Waals surface area contributed by atoms with Crippen molar-refractivity contribution in [1.29, 1.82) is 0 Å². The van der Waals surface area contributed by atoms with Crippen LogP contribution in [0.15, 0.2) is 28.8 Å². The fourth-order valence-electron chi connectivity index (χ4n) is 3.18. The van der Waals surface area contributed by atoms with Crippen LogP contribution in [0.25, 0.3) is 0 Å². The average molecular weight is 343 g/mol. The van der Waals surface area contributed by atoms with Gasteiger partial charge >= 0.3 is 5.97 Å². The van der Waals surface area contributed by atoms with E-state index >= 15 is 0 Å². The summed E-state index contributed by atoms with van der Waals surface area (Å²) < 4.78 is 5.18. The largest absolute Gasteiger partial charge is 0.478 e. The molecule has 1 aromatic heterocycles. The van der Waals surface area contributed by atoms with E-state index in [0.717, 1.165) is 24.9 Å². The highest BCUT2D eigenvalue weighted by Gasteiger charge is 2.25. The Hall–Kier alpha value is -2.70. The fraction of sp³-hybridized carbons (Fsp3) is 0.444. The molecular formula is C18H21N3O4. The van der Waals surface area contributed by atoms with E-state index in [1.165, 1.54) is 12.1 Å². The average Bonchev–Trinajstić information content (AvgIpc) is 3.00. The number of nitrogens with zero attached hydrogens (tertiary/aromatic N) is 3. The van der Waals surface area contributed by atoms with E-state index in [4.69, 9.17) is 9.63 Å². The van der Waals surface area contributed by atoms with Gasteiger partial charge in [0.25, 0.3) is 0 Å². The first-order valence-corrected chi connectivity index (χ1v) is 8.40. The molecule has 1 atom stereocenters. The van der Waals surface area contributed by atoms with Gasteiger partial charge in [-0.2, -0.15) is 4.98 Å². The number of carbonyl (C=O) groups is 2. The molecule has 1 amide bonds. The van der Waals surface area contributed by atoms with Gasteiger partial charge in [-0.3, -0.25) is 4.79 Å². The lowest BCUT2D eigenvalue weighted by Crippen LogP contribution is -2.41. The van der Waals surface area contributed by atoms with Gasteiger partial charge in [0.2, 0.25) is 11.8 Å². The van der Waals surface area contributed by atoms with Crippen LogP contribution in [0.2, 0.25) is 0 Å². The topological polar surface area (TPSA) is 96.5 Å². The quantitative estimate of drug-likeness (QED) is 0.893. The lowest BCUT2D eigenvalue weighted by Gasteiger charge is -2.32. The van der Waals surface area contributed by atoms with E-state index in [2.05, 4.69) is 10.1 Å². The van der Waals surface area contributed by atoms with Crippen molar-refractivity contribution >= 4 is 11.9 Å². The molecule has 1 N–H and O–H groups in total. The van der Waals surface area contributed by atoms with Crippen molar-refractivity contribution in [2.24, 2.45) is 5.92 Å². The summed E-state index contributed by atoms with van der Waals surface area (Å²) in [7, 11) is 0. The van der Waals surface area contributed by atoms with Gasteiger partial charge in [-0.25, -0.2) is 4.79 Å². The number of aryl methyl sites for hydroxylation is 1. The van der Waals surface area contributed by atoms with Gasteiger partial charge in [0.15, 0.2) is 5.82 Å². The second-order valence-electron chi connectivity index (χ2n) is 6.47. The first kappa shape index (κ1) is 17.1. The van der Waals surface area contributed by atoms with Crippen LogP contribution in [-0.4, -0.2) is 45.1 Å². The monoisotopic (exact) mass is 343 g/mol. The molecule has 0 bridgehead atoms. The van der Waals surface area contributed by atoms with Crippen molar-refractivity contribution in [3.63, 3.8) is 0 Å². The highest BCUT2D eigenvalue weighted by molar-refractivity contribution is 5.87. The first-order chi connectivity index (χ1) is 12.0. The molecule has 0 aliphatic carbocycles. The Balaban J connectivity index is 1.56. The molecule has 7 heteroatoms. The normalized spacial score (nSPS) is 17.5. The Kier molecular flexibility index (Phi) is 5.11. The number of hydrogen-bond acceptors (Lipinski definition) is 5. The summed E-state index contributed by atoms with van der Waals surface area (Å²) in [6.45, 7) is 3.23. The van der Waals surface area contributed by atoms with E-state index in [9.17, 15) is 9.59 Å². The minimum atomic E-state index is -0.965. The SMILES string of the molecule is Cc1noc(CC2CCCN(C(=O)Cc3ccc(C(=O)O)cc3)C2)n1. The van der Waals surface area contributed by atoms with Gasteiger partial charge in [-0.1, -0.05) is 17.3 Å². The van der Waals surface area contributed by atoms with Gasteiger partial charge in [0.05, 0.1) is 12.0 Å². The van der Waals surface area contributed by atoms with E-state index in [1.54, 1.807) is 19.1 Å². The van der Waals surface area contributed by atoms with Crippen LogP contribution >= 0.6 is 0 Å². The molecule has 0 spiro atoms. The highest BCUT2D eigenvalue weighted by Crippen LogP contribution is 2.21. The molecule has 3 rings (SSSR count). The van der Waals surface area contributed by atoms with Crippen molar-refractivity contribution in [3.05, 3.63) is 47.1 Å². The van der Waals surface area contributed by atoms with Gasteiger partial charge in [-0.15, -0.1) is 0 Å². The van der Waals surface area contributed by atoms with Gasteiger partial charge < -0.3 is 14.5 Å². The predicted octanol–water partition coefficient (Wildman–Crippen LogP) is 2.10. The zero-order valence-corrected chi connectivity index (χ0v) is 14.1. The Morgan fingerprint density at radius 2 is 2.08 bits per heavy atom. The Morgan fingerprint density at radius 1 is 1.32 bits per heavy atom. The van der Waals surface area contributed by atoms with E-state index in [0.29, 0.717) is 30.6 Å². The van der Waals surface area contributed by atoms with Crippen LogP contribution in [0.5, 0.6) is 0 Å². The molecule has 0 radical (unpaired) electrons. The summed E-state index contributed by atoms with van der Waals surface area (Å²) in [6.07, 6.45) is 2.98. The lowest BCUT2D eigenvalue weighted by molar-refractivity contribution is -0.132. The van der Waals surface area contributed by atoms with Crippen molar-refractivity contribution in [2.45, 2.75) is 32.6 Å². The number of amides is 1. The van der Waals surface area contributed by atoms with E-state index in [-0.39, 0.29) is 17.9 Å². The predicted molar refractivity (Wildman–Crippen MR) is 89.1 cm³/mol. The maximum atomic E-state index is 12.5. The molecule has 1 aliphatic rings. The molecule has 1 unspecified atom stereocenters. The summed E-state index contributed by atoms with van der Waals surface area (Å²) in [5.74, 6) is 0.680. The number of hydrogen-bond donors (Lipinski definition) is 1.